The molecule has 3 rings (SSSR count). The monoisotopic (exact) mass is 366 g/mol. The maximum Gasteiger partial charge on any atom is 0.417 e. The molecule has 1 aromatic carbocycles. The number of halogens is 3. The molecule has 1 aliphatic rings. The van der Waals surface area contributed by atoms with Crippen molar-refractivity contribution < 1.29 is 18.3 Å². The van der Waals surface area contributed by atoms with E-state index in [-0.39, 0.29) is 29.0 Å². The quantitative estimate of drug-likeness (QED) is 0.827. The molecule has 142 valence electrons. The SMILES string of the molecule is Cc1cnc(C(C)(C)C)n1Cc1cccc(C(O)C2CC2)c1C(F)(F)F. The van der Waals surface area contributed by atoms with Crippen LogP contribution in [0.4, 0.5) is 13.2 Å². The largest absolute Gasteiger partial charge is 0.417 e. The summed E-state index contributed by atoms with van der Waals surface area (Å²) < 4.78 is 43.5. The first kappa shape index (κ1) is 19.0. The summed E-state index contributed by atoms with van der Waals surface area (Å²) >= 11 is 0. The standard InChI is InChI=1S/C20H25F3N2O/c1-12-10-24-18(19(2,3)4)25(12)11-14-6-5-7-15(16(14)20(21,22)23)17(26)13-8-9-13/h5-7,10,13,17,26H,8-9,11H2,1-4H3. The van der Waals surface area contributed by atoms with Crippen LogP contribution in [0.5, 0.6) is 0 Å². The third-order valence-corrected chi connectivity index (χ3v) is 4.91. The number of nitrogens with zero attached hydrogens (tertiary/aromatic N) is 2. The first-order chi connectivity index (χ1) is 12.0. The van der Waals surface area contributed by atoms with Gasteiger partial charge in [0.25, 0.3) is 0 Å². The first-order valence-electron chi connectivity index (χ1n) is 8.90. The average molecular weight is 366 g/mol. The Labute approximate surface area is 151 Å². The van der Waals surface area contributed by atoms with Crippen molar-refractivity contribution in [1.82, 2.24) is 9.55 Å². The summed E-state index contributed by atoms with van der Waals surface area (Å²) in [6.45, 7) is 7.90. The summed E-state index contributed by atoms with van der Waals surface area (Å²) in [5, 5.41) is 10.4. The Balaban J connectivity index is 2.09. The molecule has 0 aliphatic heterocycles. The Morgan fingerprint density at radius 2 is 1.88 bits per heavy atom. The van der Waals surface area contributed by atoms with Crippen LogP contribution >= 0.6 is 0 Å². The second-order valence-electron chi connectivity index (χ2n) is 8.22. The van der Waals surface area contributed by atoms with Crippen molar-refractivity contribution in [3.63, 3.8) is 0 Å². The van der Waals surface area contributed by atoms with E-state index >= 15 is 0 Å². The molecule has 0 radical (unpaired) electrons. The lowest BCUT2D eigenvalue weighted by molar-refractivity contribution is -0.140. The predicted molar refractivity (Wildman–Crippen MR) is 93.9 cm³/mol. The van der Waals surface area contributed by atoms with Crippen LogP contribution in [0.15, 0.2) is 24.4 Å². The molecule has 1 atom stereocenters. The van der Waals surface area contributed by atoms with Gasteiger partial charge in [0.15, 0.2) is 0 Å². The zero-order chi connectivity index (χ0) is 19.3. The molecule has 1 fully saturated rings. The highest BCUT2D eigenvalue weighted by molar-refractivity contribution is 5.40. The number of rotatable bonds is 4. The van der Waals surface area contributed by atoms with Gasteiger partial charge in [0, 0.05) is 23.9 Å². The van der Waals surface area contributed by atoms with Crippen LogP contribution in [-0.2, 0) is 18.1 Å². The van der Waals surface area contributed by atoms with Gasteiger partial charge in [0.2, 0.25) is 0 Å². The molecule has 1 heterocycles. The van der Waals surface area contributed by atoms with Gasteiger partial charge < -0.3 is 9.67 Å². The summed E-state index contributed by atoms with van der Waals surface area (Å²) in [5.74, 6) is 0.683. The number of aliphatic hydroxyl groups excluding tert-OH is 1. The highest BCUT2D eigenvalue weighted by Gasteiger charge is 2.41. The molecule has 1 aromatic heterocycles. The summed E-state index contributed by atoms with van der Waals surface area (Å²) in [6, 6.07) is 4.51. The molecule has 0 bridgehead atoms. The van der Waals surface area contributed by atoms with Gasteiger partial charge in [-0.25, -0.2) is 4.98 Å². The molecule has 26 heavy (non-hydrogen) atoms. The molecule has 1 saturated carbocycles. The van der Waals surface area contributed by atoms with Gasteiger partial charge in [-0.3, -0.25) is 0 Å². The molecule has 1 N–H and O–H groups in total. The van der Waals surface area contributed by atoms with Gasteiger partial charge in [-0.2, -0.15) is 13.2 Å². The van der Waals surface area contributed by atoms with Gasteiger partial charge in [0.1, 0.15) is 5.82 Å². The van der Waals surface area contributed by atoms with Crippen LogP contribution in [0.1, 0.15) is 67.9 Å². The minimum atomic E-state index is -4.52. The second-order valence-corrected chi connectivity index (χ2v) is 8.22. The van der Waals surface area contributed by atoms with Gasteiger partial charge in [-0.1, -0.05) is 39.0 Å². The van der Waals surface area contributed by atoms with E-state index in [9.17, 15) is 18.3 Å². The Morgan fingerprint density at radius 1 is 1.23 bits per heavy atom. The highest BCUT2D eigenvalue weighted by Crippen LogP contribution is 2.46. The zero-order valence-corrected chi connectivity index (χ0v) is 15.6. The fourth-order valence-corrected chi connectivity index (χ4v) is 3.44. The number of benzene rings is 1. The smallest absolute Gasteiger partial charge is 0.388 e. The molecule has 6 heteroatoms. The van der Waals surface area contributed by atoms with Gasteiger partial charge in [-0.15, -0.1) is 0 Å². The van der Waals surface area contributed by atoms with E-state index in [1.54, 1.807) is 12.3 Å². The van der Waals surface area contributed by atoms with Crippen LogP contribution < -0.4 is 0 Å². The minimum absolute atomic E-state index is 0.00687. The van der Waals surface area contributed by atoms with Gasteiger partial charge in [-0.05, 0) is 36.8 Å². The topological polar surface area (TPSA) is 38.0 Å². The van der Waals surface area contributed by atoms with Crippen molar-refractivity contribution in [3.05, 3.63) is 52.6 Å². The van der Waals surface area contributed by atoms with Crippen molar-refractivity contribution in [3.8, 4) is 0 Å². The number of hydrogen-bond donors (Lipinski definition) is 1. The van der Waals surface area contributed by atoms with Gasteiger partial charge >= 0.3 is 6.18 Å². The lowest BCUT2D eigenvalue weighted by Crippen LogP contribution is -2.22. The Morgan fingerprint density at radius 3 is 2.42 bits per heavy atom. The van der Waals surface area contributed by atoms with E-state index in [2.05, 4.69) is 4.98 Å². The number of imidazole rings is 1. The summed E-state index contributed by atoms with van der Waals surface area (Å²) in [4.78, 5) is 4.40. The van der Waals surface area contributed by atoms with E-state index < -0.39 is 17.8 Å². The van der Waals surface area contributed by atoms with Crippen LogP contribution in [0, 0.1) is 12.8 Å². The number of hydrogen-bond acceptors (Lipinski definition) is 2. The van der Waals surface area contributed by atoms with Gasteiger partial charge in [0.05, 0.1) is 11.7 Å². The summed E-state index contributed by atoms with van der Waals surface area (Å²) in [5.41, 5.74) is -0.00457. The predicted octanol–water partition coefficient (Wildman–Crippen LogP) is 5.00. The van der Waals surface area contributed by atoms with Crippen LogP contribution in [0.2, 0.25) is 0 Å². The molecule has 2 aromatic rings. The third-order valence-electron chi connectivity index (χ3n) is 4.91. The molecule has 0 saturated heterocycles. The maximum atomic E-state index is 13.9. The second kappa shape index (κ2) is 6.41. The van der Waals surface area contributed by atoms with E-state index in [0.29, 0.717) is 0 Å². The Kier molecular flexibility index (Phi) is 4.67. The number of aryl methyl sites for hydroxylation is 1. The lowest BCUT2D eigenvalue weighted by Gasteiger charge is -2.24. The molecular weight excluding hydrogens is 341 g/mol. The summed E-state index contributed by atoms with van der Waals surface area (Å²) in [7, 11) is 0. The van der Waals surface area contributed by atoms with Crippen molar-refractivity contribution in [1.29, 1.82) is 0 Å². The first-order valence-corrected chi connectivity index (χ1v) is 8.90. The minimum Gasteiger partial charge on any atom is -0.388 e. The highest BCUT2D eigenvalue weighted by atomic mass is 19.4. The fraction of sp³-hybridized carbons (Fsp3) is 0.550. The summed E-state index contributed by atoms with van der Waals surface area (Å²) in [6.07, 6.45) is -2.33. The van der Waals surface area contributed by atoms with Crippen LogP contribution in [0.3, 0.4) is 0 Å². The van der Waals surface area contributed by atoms with E-state index in [4.69, 9.17) is 0 Å². The Hall–Kier alpha value is -1.82. The number of aromatic nitrogens is 2. The van der Waals surface area contributed by atoms with Crippen molar-refractivity contribution in [2.24, 2.45) is 5.92 Å². The number of alkyl halides is 3. The van der Waals surface area contributed by atoms with Crippen LogP contribution in [0.25, 0.3) is 0 Å². The fourth-order valence-electron chi connectivity index (χ4n) is 3.44. The Bertz CT molecular complexity index is 798. The van der Waals surface area contributed by atoms with Crippen LogP contribution in [-0.4, -0.2) is 14.7 Å². The third kappa shape index (κ3) is 3.65. The van der Waals surface area contributed by atoms with E-state index in [0.717, 1.165) is 24.4 Å². The van der Waals surface area contributed by atoms with Crippen molar-refractivity contribution in [2.75, 3.05) is 0 Å². The molecule has 0 amide bonds. The molecular formula is C20H25F3N2O. The molecule has 0 spiro atoms. The lowest BCUT2D eigenvalue weighted by atomic mass is 9.93. The molecule has 1 aliphatic carbocycles. The molecule has 3 nitrogen and oxygen atoms in total. The zero-order valence-electron chi connectivity index (χ0n) is 15.6. The van der Waals surface area contributed by atoms with E-state index in [1.165, 1.54) is 12.1 Å². The average Bonchev–Trinajstić information content (AvgIpc) is 3.29. The van der Waals surface area contributed by atoms with E-state index in [1.807, 2.05) is 32.3 Å². The normalized spacial score (nSPS) is 16.8. The van der Waals surface area contributed by atoms with Crippen molar-refractivity contribution in [2.45, 2.75) is 64.8 Å². The molecule has 1 unspecified atom stereocenters. The number of aliphatic hydroxyl groups is 1. The maximum absolute atomic E-state index is 13.9. The van der Waals surface area contributed by atoms with Crippen molar-refractivity contribution >= 4 is 0 Å².